The molecule has 0 saturated heterocycles. The third-order valence-electron chi connectivity index (χ3n) is 5.57. The van der Waals surface area contributed by atoms with Gasteiger partial charge < -0.3 is 15.8 Å². The molecule has 4 aromatic rings. The molecule has 37 heavy (non-hydrogen) atoms. The maximum absolute atomic E-state index is 13.9. The summed E-state index contributed by atoms with van der Waals surface area (Å²) in [6.07, 6.45) is 0. The molecule has 0 spiro atoms. The molecule has 0 radical (unpaired) electrons. The second kappa shape index (κ2) is 9.62. The summed E-state index contributed by atoms with van der Waals surface area (Å²) in [5.41, 5.74) is 6.08. The highest BCUT2D eigenvalue weighted by Gasteiger charge is 2.26. The number of nitrogens with zero attached hydrogens (tertiary/aromatic N) is 2. The van der Waals surface area contributed by atoms with Gasteiger partial charge in [-0.3, -0.25) is 4.79 Å². The minimum Gasteiger partial charge on any atom is -0.506 e. The molecule has 1 aromatic heterocycles. The average Bonchev–Trinajstić information content (AvgIpc) is 3.27. The number of benzene rings is 3. The number of H-pyrrole nitrogens is 1. The molecule has 0 aliphatic heterocycles. The van der Waals surface area contributed by atoms with E-state index in [4.69, 9.17) is 5.73 Å². The highest BCUT2D eigenvalue weighted by Crippen LogP contribution is 2.29. The Morgan fingerprint density at radius 2 is 1.68 bits per heavy atom. The summed E-state index contributed by atoms with van der Waals surface area (Å²) in [5, 5.41) is 11.1. The standard InChI is InChI=1S/C27H25FN4O4S/c1-27(2,3)26(29)32-37(35,36)19-11-7-9-17(15-19)24(34)22(23(33)16-8-6-10-18(28)14-16)25-30-20-12-4-5-13-21(20)31-25/h4-15,33H,1-3H3,(H2,29,32)(H,30,31). The zero-order valence-corrected chi connectivity index (χ0v) is 21.2. The third-order valence-corrected chi connectivity index (χ3v) is 6.86. The van der Waals surface area contributed by atoms with Crippen LogP contribution in [0.1, 0.15) is 42.5 Å². The number of aliphatic hydroxyl groups is 1. The molecule has 10 heteroatoms. The average molecular weight is 521 g/mol. The fourth-order valence-electron chi connectivity index (χ4n) is 3.44. The molecule has 0 bridgehead atoms. The molecular formula is C27H25FN4O4S. The SMILES string of the molecule is CC(C)(C)C(N)=NS(=O)(=O)c1cccc(C(=O)C(=C(O)c2cccc(F)c2)c2nc3ccccc3[nH]2)c1. The molecule has 0 aliphatic carbocycles. The van der Waals surface area contributed by atoms with E-state index in [2.05, 4.69) is 14.4 Å². The van der Waals surface area contributed by atoms with Crippen LogP contribution in [0.25, 0.3) is 22.4 Å². The van der Waals surface area contributed by atoms with Crippen molar-refractivity contribution in [1.82, 2.24) is 9.97 Å². The number of fused-ring (bicyclic) bond motifs is 1. The maximum Gasteiger partial charge on any atom is 0.283 e. The Hall–Kier alpha value is -4.31. The number of sulfonamides is 1. The number of imidazole rings is 1. The van der Waals surface area contributed by atoms with E-state index in [9.17, 15) is 22.7 Å². The zero-order valence-electron chi connectivity index (χ0n) is 20.4. The van der Waals surface area contributed by atoms with Crippen LogP contribution >= 0.6 is 0 Å². The smallest absolute Gasteiger partial charge is 0.283 e. The van der Waals surface area contributed by atoms with E-state index in [1.165, 1.54) is 36.4 Å². The van der Waals surface area contributed by atoms with E-state index in [0.717, 1.165) is 12.1 Å². The number of rotatable bonds is 6. The largest absolute Gasteiger partial charge is 0.506 e. The van der Waals surface area contributed by atoms with E-state index in [-0.39, 0.29) is 33.3 Å². The first-order valence-electron chi connectivity index (χ1n) is 11.3. The molecule has 8 nitrogen and oxygen atoms in total. The van der Waals surface area contributed by atoms with Gasteiger partial charge in [-0.2, -0.15) is 8.42 Å². The van der Waals surface area contributed by atoms with Crippen LogP contribution in [-0.2, 0) is 10.0 Å². The molecule has 0 unspecified atom stereocenters. The van der Waals surface area contributed by atoms with Crippen molar-refractivity contribution in [3.05, 3.63) is 95.6 Å². The van der Waals surface area contributed by atoms with Crippen LogP contribution < -0.4 is 5.73 Å². The first-order valence-corrected chi connectivity index (χ1v) is 12.7. The summed E-state index contributed by atoms with van der Waals surface area (Å²) >= 11 is 0. The third kappa shape index (κ3) is 5.44. The van der Waals surface area contributed by atoms with Crippen LogP contribution in [0.2, 0.25) is 0 Å². The Bertz CT molecular complexity index is 1650. The predicted octanol–water partition coefficient (Wildman–Crippen LogP) is 5.10. The van der Waals surface area contributed by atoms with Crippen molar-refractivity contribution in [2.24, 2.45) is 15.5 Å². The molecular weight excluding hydrogens is 495 g/mol. The number of aromatic nitrogens is 2. The number of nitrogens with two attached hydrogens (primary N) is 1. The van der Waals surface area contributed by atoms with E-state index in [1.807, 2.05) is 0 Å². The lowest BCUT2D eigenvalue weighted by molar-refractivity contribution is 0.105. The monoisotopic (exact) mass is 520 g/mol. The molecule has 190 valence electrons. The van der Waals surface area contributed by atoms with Gasteiger partial charge in [0.15, 0.2) is 0 Å². The van der Waals surface area contributed by atoms with Gasteiger partial charge in [0.1, 0.15) is 28.8 Å². The molecule has 1 heterocycles. The van der Waals surface area contributed by atoms with Gasteiger partial charge in [-0.25, -0.2) is 9.37 Å². The number of aromatic amines is 1. The summed E-state index contributed by atoms with van der Waals surface area (Å²) in [4.78, 5) is 20.9. The van der Waals surface area contributed by atoms with Crippen molar-refractivity contribution in [1.29, 1.82) is 0 Å². The molecule has 4 N–H and O–H groups in total. The lowest BCUT2D eigenvalue weighted by Crippen LogP contribution is -2.30. The Morgan fingerprint density at radius 1 is 1.00 bits per heavy atom. The van der Waals surface area contributed by atoms with Gasteiger partial charge in [0.25, 0.3) is 10.0 Å². The molecule has 0 aliphatic rings. The first-order chi connectivity index (χ1) is 17.4. The number of aliphatic hydroxyl groups excluding tert-OH is 1. The lowest BCUT2D eigenvalue weighted by atomic mass is 9.96. The highest BCUT2D eigenvalue weighted by atomic mass is 32.2. The Morgan fingerprint density at radius 3 is 2.35 bits per heavy atom. The Labute approximate surface area is 213 Å². The second-order valence-electron chi connectivity index (χ2n) is 9.40. The topological polar surface area (TPSA) is 138 Å². The van der Waals surface area contributed by atoms with Gasteiger partial charge in [-0.15, -0.1) is 4.40 Å². The van der Waals surface area contributed by atoms with Crippen LogP contribution in [0.4, 0.5) is 4.39 Å². The van der Waals surface area contributed by atoms with Crippen LogP contribution in [0.3, 0.4) is 0 Å². The predicted molar refractivity (Wildman–Crippen MR) is 141 cm³/mol. The van der Waals surface area contributed by atoms with Crippen molar-refractivity contribution in [2.45, 2.75) is 25.7 Å². The Balaban J connectivity index is 1.87. The van der Waals surface area contributed by atoms with Crippen LogP contribution in [0, 0.1) is 11.2 Å². The van der Waals surface area contributed by atoms with Gasteiger partial charge in [0.2, 0.25) is 5.78 Å². The van der Waals surface area contributed by atoms with Crippen LogP contribution in [0.5, 0.6) is 0 Å². The number of Topliss-reactive ketones (excluding diaryl/α,β-unsaturated/α-hetero) is 1. The first kappa shape index (κ1) is 25.8. The molecule has 4 rings (SSSR count). The number of halogens is 1. The molecule has 0 atom stereocenters. The normalized spacial score (nSPS) is 13.5. The molecule has 0 fully saturated rings. The van der Waals surface area contributed by atoms with Crippen molar-refractivity contribution >= 4 is 44.0 Å². The fraction of sp³-hybridized carbons (Fsp3) is 0.148. The number of allylic oxidation sites excluding steroid dienone is 1. The zero-order chi connectivity index (χ0) is 27.0. The molecule has 0 saturated carbocycles. The molecule has 0 amide bonds. The summed E-state index contributed by atoms with van der Waals surface area (Å²) in [6, 6.07) is 17.4. The van der Waals surface area contributed by atoms with E-state index < -0.39 is 32.8 Å². The van der Waals surface area contributed by atoms with Crippen molar-refractivity contribution in [3.8, 4) is 0 Å². The van der Waals surface area contributed by atoms with E-state index in [0.29, 0.717) is 11.0 Å². The number of amidine groups is 1. The number of ketones is 1. The van der Waals surface area contributed by atoms with Gasteiger partial charge in [0.05, 0.1) is 15.9 Å². The highest BCUT2D eigenvalue weighted by molar-refractivity contribution is 7.90. The number of carbonyl (C=O) groups excluding carboxylic acids is 1. The van der Waals surface area contributed by atoms with E-state index in [1.54, 1.807) is 45.0 Å². The van der Waals surface area contributed by atoms with Gasteiger partial charge >= 0.3 is 0 Å². The van der Waals surface area contributed by atoms with E-state index >= 15 is 0 Å². The number of hydrogen-bond acceptors (Lipinski definition) is 5. The lowest BCUT2D eigenvalue weighted by Gasteiger charge is -2.17. The van der Waals surface area contributed by atoms with Crippen molar-refractivity contribution < 1.29 is 22.7 Å². The maximum atomic E-state index is 13.9. The quantitative estimate of drug-likeness (QED) is 0.106. The van der Waals surface area contributed by atoms with Crippen LogP contribution in [0.15, 0.2) is 82.1 Å². The number of carbonyl (C=O) groups is 1. The number of nitrogens with one attached hydrogen (secondary N) is 1. The van der Waals surface area contributed by atoms with Gasteiger partial charge in [0, 0.05) is 16.5 Å². The number of hydrogen-bond donors (Lipinski definition) is 3. The summed E-state index contributed by atoms with van der Waals surface area (Å²) in [5.74, 6) is -1.91. The fourth-order valence-corrected chi connectivity index (χ4v) is 4.60. The van der Waals surface area contributed by atoms with Crippen molar-refractivity contribution in [2.75, 3.05) is 0 Å². The second-order valence-corrected chi connectivity index (χ2v) is 11.0. The minimum atomic E-state index is -4.23. The number of para-hydroxylation sites is 2. The van der Waals surface area contributed by atoms with Crippen LogP contribution in [-0.4, -0.2) is 35.1 Å². The summed E-state index contributed by atoms with van der Waals surface area (Å²) < 4.78 is 43.5. The molecule has 3 aromatic carbocycles. The minimum absolute atomic E-state index is 0.0382. The summed E-state index contributed by atoms with van der Waals surface area (Å²) in [6.45, 7) is 5.17. The summed E-state index contributed by atoms with van der Waals surface area (Å²) in [7, 11) is -4.23. The Kier molecular flexibility index (Phi) is 6.70. The van der Waals surface area contributed by atoms with Crippen molar-refractivity contribution in [3.63, 3.8) is 0 Å². The van der Waals surface area contributed by atoms with Gasteiger partial charge in [-0.1, -0.05) is 57.2 Å². The van der Waals surface area contributed by atoms with Gasteiger partial charge in [-0.05, 0) is 36.4 Å².